The predicted octanol–water partition coefficient (Wildman–Crippen LogP) is 4.00. The summed E-state index contributed by atoms with van der Waals surface area (Å²) in [7, 11) is 0. The Morgan fingerprint density at radius 3 is 2.55 bits per heavy atom. The third-order valence-electron chi connectivity index (χ3n) is 3.42. The summed E-state index contributed by atoms with van der Waals surface area (Å²) in [6, 6.07) is 8.74. The number of hydrogen-bond donors (Lipinski definition) is 1. The van der Waals surface area contributed by atoms with Gasteiger partial charge in [0.2, 0.25) is 0 Å². The average Bonchev–Trinajstić information content (AvgIpc) is 2.45. The molecule has 20 heavy (non-hydrogen) atoms. The van der Waals surface area contributed by atoms with Gasteiger partial charge < -0.3 is 10.2 Å². The van der Waals surface area contributed by atoms with E-state index in [9.17, 15) is 0 Å². The Balaban J connectivity index is 2.93. The van der Waals surface area contributed by atoms with E-state index in [0.717, 1.165) is 23.8 Å². The van der Waals surface area contributed by atoms with Gasteiger partial charge in [-0.2, -0.15) is 5.26 Å². The first kappa shape index (κ1) is 16.8. The lowest BCUT2D eigenvalue weighted by Crippen LogP contribution is -2.28. The van der Waals surface area contributed by atoms with Crippen LogP contribution in [0.3, 0.4) is 0 Å². The first-order chi connectivity index (χ1) is 9.53. The standard InChI is InChI=1S/C16H24ClN3/c1-5-19-13(4)14-7-8-16(15(17)9-14)20(6-2)11-12(3)10-18/h7-9,12-13,19H,5-6,11H2,1-4H3. The third kappa shape index (κ3) is 4.40. The summed E-state index contributed by atoms with van der Waals surface area (Å²) in [6.45, 7) is 10.7. The molecule has 0 aliphatic heterocycles. The number of rotatable bonds is 7. The molecule has 1 aromatic carbocycles. The molecule has 3 nitrogen and oxygen atoms in total. The minimum absolute atomic E-state index is 0.00799. The largest absolute Gasteiger partial charge is 0.369 e. The first-order valence-electron chi connectivity index (χ1n) is 7.20. The molecule has 0 aromatic heterocycles. The van der Waals surface area contributed by atoms with E-state index in [1.165, 1.54) is 5.56 Å². The molecule has 0 radical (unpaired) electrons. The van der Waals surface area contributed by atoms with Gasteiger partial charge in [-0.05, 0) is 45.0 Å². The van der Waals surface area contributed by atoms with Crippen molar-refractivity contribution in [2.75, 3.05) is 24.5 Å². The number of benzene rings is 1. The van der Waals surface area contributed by atoms with Crippen LogP contribution in [0.2, 0.25) is 5.02 Å². The van der Waals surface area contributed by atoms with Gasteiger partial charge >= 0.3 is 0 Å². The molecule has 0 bridgehead atoms. The molecule has 0 heterocycles. The van der Waals surface area contributed by atoms with Crippen LogP contribution in [0.4, 0.5) is 5.69 Å². The van der Waals surface area contributed by atoms with Gasteiger partial charge in [0.15, 0.2) is 0 Å². The van der Waals surface area contributed by atoms with Crippen LogP contribution < -0.4 is 10.2 Å². The van der Waals surface area contributed by atoms with Crippen molar-refractivity contribution in [2.45, 2.75) is 33.7 Å². The molecule has 0 amide bonds. The zero-order valence-electron chi connectivity index (χ0n) is 12.8. The molecule has 0 aliphatic rings. The molecule has 2 unspecified atom stereocenters. The second kappa shape index (κ2) is 8.14. The monoisotopic (exact) mass is 293 g/mol. The second-order valence-electron chi connectivity index (χ2n) is 5.06. The molecule has 2 atom stereocenters. The van der Waals surface area contributed by atoms with Gasteiger partial charge in [0.25, 0.3) is 0 Å². The molecule has 1 rings (SSSR count). The highest BCUT2D eigenvalue weighted by Gasteiger charge is 2.14. The Kier molecular flexibility index (Phi) is 6.84. The summed E-state index contributed by atoms with van der Waals surface area (Å²) in [5.74, 6) is -0.00799. The Morgan fingerprint density at radius 1 is 1.35 bits per heavy atom. The zero-order valence-corrected chi connectivity index (χ0v) is 13.5. The summed E-state index contributed by atoms with van der Waals surface area (Å²) in [5, 5.41) is 13.1. The second-order valence-corrected chi connectivity index (χ2v) is 5.47. The van der Waals surface area contributed by atoms with Crippen LogP contribution in [0.1, 0.15) is 39.3 Å². The summed E-state index contributed by atoms with van der Waals surface area (Å²) >= 11 is 6.42. The lowest BCUT2D eigenvalue weighted by atomic mass is 10.1. The van der Waals surface area contributed by atoms with Crippen molar-refractivity contribution < 1.29 is 0 Å². The number of hydrogen-bond acceptors (Lipinski definition) is 3. The van der Waals surface area contributed by atoms with E-state index < -0.39 is 0 Å². The van der Waals surface area contributed by atoms with Crippen molar-refractivity contribution >= 4 is 17.3 Å². The minimum atomic E-state index is -0.00799. The van der Waals surface area contributed by atoms with E-state index in [2.05, 4.69) is 49.2 Å². The van der Waals surface area contributed by atoms with Gasteiger partial charge in [-0.3, -0.25) is 0 Å². The lowest BCUT2D eigenvalue weighted by molar-refractivity contribution is 0.598. The van der Waals surface area contributed by atoms with Crippen molar-refractivity contribution in [3.8, 4) is 6.07 Å². The van der Waals surface area contributed by atoms with Crippen molar-refractivity contribution in [3.63, 3.8) is 0 Å². The fourth-order valence-electron chi connectivity index (χ4n) is 2.24. The molecule has 0 fully saturated rings. The van der Waals surface area contributed by atoms with Gasteiger partial charge in [-0.1, -0.05) is 24.6 Å². The highest BCUT2D eigenvalue weighted by Crippen LogP contribution is 2.29. The van der Waals surface area contributed by atoms with E-state index in [0.29, 0.717) is 12.6 Å². The molecule has 4 heteroatoms. The number of anilines is 1. The van der Waals surface area contributed by atoms with E-state index >= 15 is 0 Å². The molecule has 0 aliphatic carbocycles. The van der Waals surface area contributed by atoms with E-state index in [-0.39, 0.29) is 5.92 Å². The molecule has 0 spiro atoms. The Labute approximate surface area is 127 Å². The maximum Gasteiger partial charge on any atom is 0.0671 e. The first-order valence-corrected chi connectivity index (χ1v) is 7.58. The number of nitriles is 1. The van der Waals surface area contributed by atoms with Gasteiger partial charge in [0.1, 0.15) is 0 Å². The predicted molar refractivity (Wildman–Crippen MR) is 86.2 cm³/mol. The number of halogens is 1. The smallest absolute Gasteiger partial charge is 0.0671 e. The van der Waals surface area contributed by atoms with Gasteiger partial charge in [-0.15, -0.1) is 0 Å². The maximum absolute atomic E-state index is 8.95. The van der Waals surface area contributed by atoms with E-state index in [4.69, 9.17) is 16.9 Å². The highest BCUT2D eigenvalue weighted by atomic mass is 35.5. The Morgan fingerprint density at radius 2 is 2.05 bits per heavy atom. The Bertz CT molecular complexity index is 467. The Hall–Kier alpha value is -1.24. The van der Waals surface area contributed by atoms with Gasteiger partial charge in [0.05, 0.1) is 22.7 Å². The van der Waals surface area contributed by atoms with Crippen molar-refractivity contribution in [3.05, 3.63) is 28.8 Å². The van der Waals surface area contributed by atoms with Crippen molar-refractivity contribution in [1.29, 1.82) is 5.26 Å². The molecule has 110 valence electrons. The van der Waals surface area contributed by atoms with Gasteiger partial charge in [0, 0.05) is 19.1 Å². The zero-order chi connectivity index (χ0) is 15.1. The van der Waals surface area contributed by atoms with Crippen molar-refractivity contribution in [2.24, 2.45) is 5.92 Å². The van der Waals surface area contributed by atoms with Crippen LogP contribution >= 0.6 is 11.6 Å². The topological polar surface area (TPSA) is 39.1 Å². The molecule has 0 saturated carbocycles. The fraction of sp³-hybridized carbons (Fsp3) is 0.562. The van der Waals surface area contributed by atoms with Crippen molar-refractivity contribution in [1.82, 2.24) is 5.32 Å². The highest BCUT2D eigenvalue weighted by molar-refractivity contribution is 6.33. The fourth-order valence-corrected chi connectivity index (χ4v) is 2.55. The molecular weight excluding hydrogens is 270 g/mol. The van der Waals surface area contributed by atoms with Crippen LogP contribution in [0, 0.1) is 17.2 Å². The van der Waals surface area contributed by atoms with Crippen LogP contribution in [0.15, 0.2) is 18.2 Å². The quantitative estimate of drug-likeness (QED) is 0.826. The average molecular weight is 294 g/mol. The SMILES string of the molecule is CCNC(C)c1ccc(N(CC)CC(C)C#N)c(Cl)c1. The minimum Gasteiger partial charge on any atom is -0.369 e. The van der Waals surface area contributed by atoms with E-state index in [1.807, 2.05) is 13.0 Å². The third-order valence-corrected chi connectivity index (χ3v) is 3.72. The van der Waals surface area contributed by atoms with E-state index in [1.54, 1.807) is 0 Å². The van der Waals surface area contributed by atoms with Gasteiger partial charge in [-0.25, -0.2) is 0 Å². The number of nitrogens with one attached hydrogen (secondary N) is 1. The van der Waals surface area contributed by atoms with Crippen LogP contribution in [0.25, 0.3) is 0 Å². The summed E-state index contributed by atoms with van der Waals surface area (Å²) in [4.78, 5) is 2.15. The summed E-state index contributed by atoms with van der Waals surface area (Å²) in [6.07, 6.45) is 0. The normalized spacial score (nSPS) is 13.6. The van der Waals surface area contributed by atoms with Crippen LogP contribution in [-0.2, 0) is 0 Å². The summed E-state index contributed by atoms with van der Waals surface area (Å²) in [5.41, 5.74) is 2.19. The molecule has 1 aromatic rings. The lowest BCUT2D eigenvalue weighted by Gasteiger charge is -2.26. The molecule has 1 N–H and O–H groups in total. The summed E-state index contributed by atoms with van der Waals surface area (Å²) < 4.78 is 0. The van der Waals surface area contributed by atoms with Crippen LogP contribution in [-0.4, -0.2) is 19.6 Å². The molecular formula is C16H24ClN3. The van der Waals surface area contributed by atoms with Crippen LogP contribution in [0.5, 0.6) is 0 Å². The molecule has 0 saturated heterocycles. The maximum atomic E-state index is 8.95. The number of nitrogens with zero attached hydrogens (tertiary/aromatic N) is 2.